The number of amides is 1. The molecule has 0 aliphatic heterocycles. The van der Waals surface area contributed by atoms with E-state index in [4.69, 9.17) is 0 Å². The lowest BCUT2D eigenvalue weighted by Gasteiger charge is -2.24. The summed E-state index contributed by atoms with van der Waals surface area (Å²) in [5.74, 6) is -0.0612. The first-order valence-electron chi connectivity index (χ1n) is 6.76. The van der Waals surface area contributed by atoms with Gasteiger partial charge in [0.25, 0.3) is 0 Å². The number of hydrogen-bond acceptors (Lipinski definition) is 3. The number of aryl methyl sites for hydroxylation is 1. The Kier molecular flexibility index (Phi) is 6.67. The second-order valence-electron chi connectivity index (χ2n) is 4.89. The van der Waals surface area contributed by atoms with E-state index < -0.39 is 10.0 Å². The van der Waals surface area contributed by atoms with Gasteiger partial charge in [-0.3, -0.25) is 9.10 Å². The first-order chi connectivity index (χ1) is 9.75. The van der Waals surface area contributed by atoms with Crippen LogP contribution in [0.25, 0.3) is 0 Å². The van der Waals surface area contributed by atoms with Crippen molar-refractivity contribution in [2.75, 3.05) is 23.7 Å². The fourth-order valence-corrected chi connectivity index (χ4v) is 3.66. The van der Waals surface area contributed by atoms with E-state index in [1.54, 1.807) is 6.07 Å². The molecule has 1 rings (SSSR count). The van der Waals surface area contributed by atoms with E-state index in [1.165, 1.54) is 4.31 Å². The summed E-state index contributed by atoms with van der Waals surface area (Å²) in [4.78, 5) is 11.4. The molecule has 0 aliphatic carbocycles. The van der Waals surface area contributed by atoms with Crippen molar-refractivity contribution in [3.63, 3.8) is 0 Å². The molecule has 0 spiro atoms. The van der Waals surface area contributed by atoms with Gasteiger partial charge in [0.2, 0.25) is 15.9 Å². The van der Waals surface area contributed by atoms with Gasteiger partial charge in [-0.1, -0.05) is 13.0 Å². The third-order valence-electron chi connectivity index (χ3n) is 2.89. The van der Waals surface area contributed by atoms with E-state index in [0.29, 0.717) is 16.6 Å². The second kappa shape index (κ2) is 7.79. The molecule has 0 aliphatic rings. The van der Waals surface area contributed by atoms with Crippen molar-refractivity contribution in [3.05, 3.63) is 28.2 Å². The van der Waals surface area contributed by atoms with Crippen LogP contribution in [0.15, 0.2) is 22.7 Å². The third-order valence-corrected chi connectivity index (χ3v) is 4.70. The van der Waals surface area contributed by atoms with Crippen molar-refractivity contribution >= 4 is 37.5 Å². The number of benzene rings is 1. The molecule has 0 saturated heterocycles. The number of halogens is 1. The summed E-state index contributed by atoms with van der Waals surface area (Å²) in [6.07, 6.45) is 2.38. The zero-order valence-corrected chi connectivity index (χ0v) is 14.9. The van der Waals surface area contributed by atoms with Crippen molar-refractivity contribution in [1.82, 2.24) is 5.32 Å². The minimum absolute atomic E-state index is 0.0612. The monoisotopic (exact) mass is 376 g/mol. The second-order valence-corrected chi connectivity index (χ2v) is 7.65. The summed E-state index contributed by atoms with van der Waals surface area (Å²) in [5, 5.41) is 2.73. The van der Waals surface area contributed by atoms with Crippen molar-refractivity contribution in [3.8, 4) is 0 Å². The van der Waals surface area contributed by atoms with Gasteiger partial charge in [-0.05, 0) is 47.0 Å². The predicted octanol–water partition coefficient (Wildman–Crippen LogP) is 2.44. The van der Waals surface area contributed by atoms with Crippen molar-refractivity contribution in [2.45, 2.75) is 26.7 Å². The fourth-order valence-electron chi connectivity index (χ4n) is 1.89. The molecule has 0 unspecified atom stereocenters. The van der Waals surface area contributed by atoms with Gasteiger partial charge in [-0.15, -0.1) is 0 Å². The van der Waals surface area contributed by atoms with E-state index in [0.717, 1.165) is 18.2 Å². The number of anilines is 1. The lowest BCUT2D eigenvalue weighted by Crippen LogP contribution is -2.38. The van der Waals surface area contributed by atoms with Gasteiger partial charge in [0, 0.05) is 17.4 Å². The highest BCUT2D eigenvalue weighted by atomic mass is 79.9. The van der Waals surface area contributed by atoms with Crippen LogP contribution in [0.3, 0.4) is 0 Å². The van der Waals surface area contributed by atoms with Gasteiger partial charge in [0.1, 0.15) is 0 Å². The minimum atomic E-state index is -3.41. The van der Waals surface area contributed by atoms with E-state index in [-0.39, 0.29) is 19.0 Å². The number of rotatable bonds is 7. The maximum atomic E-state index is 12.0. The van der Waals surface area contributed by atoms with Crippen LogP contribution in [0.5, 0.6) is 0 Å². The van der Waals surface area contributed by atoms with Crippen LogP contribution < -0.4 is 9.62 Å². The molecule has 0 aromatic heterocycles. The zero-order valence-electron chi connectivity index (χ0n) is 12.5. The molecule has 21 heavy (non-hydrogen) atoms. The Morgan fingerprint density at radius 3 is 2.57 bits per heavy atom. The van der Waals surface area contributed by atoms with E-state index in [1.807, 2.05) is 26.0 Å². The number of hydrogen-bond donors (Lipinski definition) is 1. The maximum absolute atomic E-state index is 12.0. The molecule has 1 aromatic carbocycles. The Bertz CT molecular complexity index is 602. The molecule has 0 radical (unpaired) electrons. The molecule has 118 valence electrons. The molecular formula is C14H21BrN2O3S. The van der Waals surface area contributed by atoms with E-state index in [2.05, 4.69) is 21.2 Å². The Balaban J connectivity index is 2.85. The minimum Gasteiger partial charge on any atom is -0.354 e. The van der Waals surface area contributed by atoms with Gasteiger partial charge in [-0.25, -0.2) is 8.42 Å². The molecule has 0 atom stereocenters. The number of sulfonamides is 1. The average molecular weight is 377 g/mol. The van der Waals surface area contributed by atoms with E-state index >= 15 is 0 Å². The Morgan fingerprint density at radius 2 is 2.05 bits per heavy atom. The van der Waals surface area contributed by atoms with Crippen LogP contribution >= 0.6 is 15.9 Å². The Labute approximate surface area is 134 Å². The summed E-state index contributed by atoms with van der Waals surface area (Å²) >= 11 is 3.39. The van der Waals surface area contributed by atoms with Crippen LogP contribution in [0.4, 0.5) is 5.69 Å². The van der Waals surface area contributed by atoms with Crippen LogP contribution in [-0.4, -0.2) is 33.7 Å². The zero-order chi connectivity index (χ0) is 16.0. The van der Waals surface area contributed by atoms with E-state index in [9.17, 15) is 13.2 Å². The summed E-state index contributed by atoms with van der Waals surface area (Å²) in [5.41, 5.74) is 1.61. The summed E-state index contributed by atoms with van der Waals surface area (Å²) < 4.78 is 25.9. The summed E-state index contributed by atoms with van der Waals surface area (Å²) in [6.45, 7) is 4.35. The van der Waals surface area contributed by atoms with Crippen LogP contribution in [0.1, 0.15) is 25.3 Å². The van der Waals surface area contributed by atoms with Crippen molar-refractivity contribution in [2.24, 2.45) is 0 Å². The number of carbonyl (C=O) groups is 1. The molecule has 1 N–H and O–H groups in total. The quantitative estimate of drug-likeness (QED) is 0.794. The highest BCUT2D eigenvalue weighted by Gasteiger charge is 2.19. The van der Waals surface area contributed by atoms with Gasteiger partial charge in [-0.2, -0.15) is 0 Å². The topological polar surface area (TPSA) is 66.5 Å². The molecule has 1 aromatic rings. The molecule has 7 heteroatoms. The Morgan fingerprint density at radius 1 is 1.38 bits per heavy atom. The van der Waals surface area contributed by atoms with Gasteiger partial charge < -0.3 is 5.32 Å². The fraction of sp³-hybridized carbons (Fsp3) is 0.500. The molecule has 0 fully saturated rings. The first-order valence-corrected chi connectivity index (χ1v) is 9.40. The number of nitrogens with zero attached hydrogens (tertiary/aromatic N) is 1. The normalized spacial score (nSPS) is 11.2. The van der Waals surface area contributed by atoms with Crippen molar-refractivity contribution < 1.29 is 13.2 Å². The first kappa shape index (κ1) is 18.0. The van der Waals surface area contributed by atoms with Crippen molar-refractivity contribution in [1.29, 1.82) is 0 Å². The van der Waals surface area contributed by atoms with Crippen LogP contribution in [0.2, 0.25) is 0 Å². The standard InChI is InChI=1S/C14H21BrN2O3S/c1-4-5-14(18)16-8-9-17(21(3,19)20)13-7-6-11(2)10-12(13)15/h6-7,10H,4-5,8-9H2,1-3H3,(H,16,18). The molecule has 0 saturated carbocycles. The smallest absolute Gasteiger partial charge is 0.232 e. The SMILES string of the molecule is CCCC(=O)NCCN(c1ccc(C)cc1Br)S(C)(=O)=O. The predicted molar refractivity (Wildman–Crippen MR) is 89.0 cm³/mol. The number of carbonyl (C=O) groups excluding carboxylic acids is 1. The maximum Gasteiger partial charge on any atom is 0.232 e. The van der Waals surface area contributed by atoms with Crippen LogP contribution in [-0.2, 0) is 14.8 Å². The van der Waals surface area contributed by atoms with Crippen LogP contribution in [0, 0.1) is 6.92 Å². The molecule has 5 nitrogen and oxygen atoms in total. The summed E-state index contributed by atoms with van der Waals surface area (Å²) in [7, 11) is -3.41. The molecule has 0 bridgehead atoms. The third kappa shape index (κ3) is 5.67. The highest BCUT2D eigenvalue weighted by Crippen LogP contribution is 2.28. The molecular weight excluding hydrogens is 356 g/mol. The lowest BCUT2D eigenvalue weighted by atomic mass is 10.2. The van der Waals surface area contributed by atoms with Gasteiger partial charge in [0.05, 0.1) is 18.5 Å². The Hall–Kier alpha value is -1.08. The lowest BCUT2D eigenvalue weighted by molar-refractivity contribution is -0.121. The van der Waals surface area contributed by atoms with Gasteiger partial charge >= 0.3 is 0 Å². The largest absolute Gasteiger partial charge is 0.354 e. The van der Waals surface area contributed by atoms with Gasteiger partial charge in [0.15, 0.2) is 0 Å². The number of nitrogens with one attached hydrogen (secondary N) is 1. The molecule has 1 amide bonds. The highest BCUT2D eigenvalue weighted by molar-refractivity contribution is 9.10. The summed E-state index contributed by atoms with van der Waals surface area (Å²) in [6, 6.07) is 5.48. The average Bonchev–Trinajstić information content (AvgIpc) is 2.35. The molecule has 0 heterocycles.